The Hall–Kier alpha value is -2.70. The molecule has 1 unspecified atom stereocenters. The van der Waals surface area contributed by atoms with E-state index in [0.29, 0.717) is 24.2 Å². The molecule has 1 aromatic carbocycles. The number of rotatable bonds is 4. The highest BCUT2D eigenvalue weighted by molar-refractivity contribution is 5.90. The molecule has 0 aliphatic carbocycles. The van der Waals surface area contributed by atoms with Crippen LogP contribution in [-0.4, -0.2) is 28.8 Å². The maximum absolute atomic E-state index is 13.6. The first-order valence-corrected chi connectivity index (χ1v) is 8.76. The highest BCUT2D eigenvalue weighted by Crippen LogP contribution is 2.24. The zero-order chi connectivity index (χ0) is 18.7. The normalized spacial score (nSPS) is 17.2. The van der Waals surface area contributed by atoms with E-state index in [0.717, 1.165) is 25.1 Å². The molecule has 3 rings (SSSR count). The zero-order valence-corrected chi connectivity index (χ0v) is 15.0. The van der Waals surface area contributed by atoms with E-state index < -0.39 is 0 Å². The van der Waals surface area contributed by atoms with Crippen molar-refractivity contribution in [2.75, 3.05) is 23.3 Å². The molecule has 1 N–H and O–H groups in total. The molecule has 0 spiro atoms. The lowest BCUT2D eigenvalue weighted by Crippen LogP contribution is -2.38. The first-order valence-electron chi connectivity index (χ1n) is 8.76. The Bertz CT molecular complexity index is 865. The van der Waals surface area contributed by atoms with Crippen molar-refractivity contribution in [3.05, 3.63) is 52.2 Å². The second-order valence-corrected chi connectivity index (χ2v) is 6.85. The van der Waals surface area contributed by atoms with Gasteiger partial charge in [0.2, 0.25) is 5.91 Å². The molecular formula is C19H23FN4O2. The fraction of sp³-hybridized carbons (Fsp3) is 0.421. The molecule has 0 saturated carbocycles. The molecule has 1 amide bonds. The number of aromatic nitrogens is 2. The summed E-state index contributed by atoms with van der Waals surface area (Å²) in [5, 5.41) is 6.82. The van der Waals surface area contributed by atoms with Crippen molar-refractivity contribution >= 4 is 17.3 Å². The van der Waals surface area contributed by atoms with Gasteiger partial charge in [-0.25, -0.2) is 9.07 Å². The van der Waals surface area contributed by atoms with Crippen LogP contribution in [0.5, 0.6) is 0 Å². The molecule has 2 heterocycles. The fourth-order valence-corrected chi connectivity index (χ4v) is 3.24. The van der Waals surface area contributed by atoms with Crippen molar-refractivity contribution in [2.24, 2.45) is 13.0 Å². The van der Waals surface area contributed by atoms with E-state index in [9.17, 15) is 14.0 Å². The second kappa shape index (κ2) is 7.68. The van der Waals surface area contributed by atoms with Crippen LogP contribution < -0.4 is 15.8 Å². The minimum absolute atomic E-state index is 0.123. The van der Waals surface area contributed by atoms with Crippen LogP contribution in [0.4, 0.5) is 15.8 Å². The van der Waals surface area contributed by atoms with E-state index in [4.69, 9.17) is 0 Å². The Morgan fingerprint density at radius 2 is 2.19 bits per heavy atom. The van der Waals surface area contributed by atoms with E-state index in [1.807, 2.05) is 0 Å². The summed E-state index contributed by atoms with van der Waals surface area (Å²) in [6.07, 6.45) is 3.94. The summed E-state index contributed by atoms with van der Waals surface area (Å²) in [5.74, 6) is -0.268. The zero-order valence-electron chi connectivity index (χ0n) is 15.0. The average molecular weight is 358 g/mol. The molecule has 138 valence electrons. The molecule has 1 aromatic heterocycles. The van der Waals surface area contributed by atoms with Gasteiger partial charge in [0.25, 0.3) is 5.56 Å². The highest BCUT2D eigenvalue weighted by Gasteiger charge is 2.23. The van der Waals surface area contributed by atoms with Crippen LogP contribution in [0.15, 0.2) is 35.3 Å². The number of halogens is 1. The Kier molecular flexibility index (Phi) is 5.35. The van der Waals surface area contributed by atoms with Gasteiger partial charge in [0, 0.05) is 38.3 Å². The number of piperidine rings is 1. The standard InChI is InChI=1S/C19H23FN4O2/c1-13-5-6-15(9-17(13)20)22-18(25)8-14-4-3-7-24(12-14)16-10-19(26)23(2)21-11-16/h5-6,9-11,14H,3-4,7-8,12H2,1-2H3,(H,22,25). The molecule has 1 saturated heterocycles. The van der Waals surface area contributed by atoms with Gasteiger partial charge in [0.05, 0.1) is 11.9 Å². The van der Waals surface area contributed by atoms with Crippen LogP contribution in [-0.2, 0) is 11.8 Å². The number of carbonyl (C=O) groups excluding carboxylic acids is 1. The summed E-state index contributed by atoms with van der Waals surface area (Å²) in [7, 11) is 1.61. The summed E-state index contributed by atoms with van der Waals surface area (Å²) in [4.78, 5) is 26.2. The van der Waals surface area contributed by atoms with Gasteiger partial charge in [-0.15, -0.1) is 0 Å². The molecule has 7 heteroatoms. The van der Waals surface area contributed by atoms with Crippen molar-refractivity contribution < 1.29 is 9.18 Å². The largest absolute Gasteiger partial charge is 0.370 e. The maximum atomic E-state index is 13.6. The van der Waals surface area contributed by atoms with Gasteiger partial charge in [0.15, 0.2) is 0 Å². The van der Waals surface area contributed by atoms with Gasteiger partial charge in [-0.2, -0.15) is 5.10 Å². The van der Waals surface area contributed by atoms with Crippen LogP contribution in [0.3, 0.4) is 0 Å². The predicted molar refractivity (Wildman–Crippen MR) is 98.8 cm³/mol. The summed E-state index contributed by atoms with van der Waals surface area (Å²) in [6, 6.07) is 6.27. The first kappa shape index (κ1) is 18.1. The molecule has 6 nitrogen and oxygen atoms in total. The quantitative estimate of drug-likeness (QED) is 0.912. The van der Waals surface area contributed by atoms with Crippen molar-refractivity contribution in [1.29, 1.82) is 0 Å². The molecule has 2 aromatic rings. The summed E-state index contributed by atoms with van der Waals surface area (Å²) in [5.41, 5.74) is 1.66. The van der Waals surface area contributed by atoms with Gasteiger partial charge in [-0.05, 0) is 43.4 Å². The Morgan fingerprint density at radius 1 is 1.38 bits per heavy atom. The van der Waals surface area contributed by atoms with Gasteiger partial charge in [-0.3, -0.25) is 9.59 Å². The molecule has 0 radical (unpaired) electrons. The molecular weight excluding hydrogens is 335 g/mol. The number of nitrogens with zero attached hydrogens (tertiary/aromatic N) is 3. The average Bonchev–Trinajstić information content (AvgIpc) is 2.61. The SMILES string of the molecule is Cc1ccc(NC(=O)CC2CCCN(c3cnn(C)c(=O)c3)C2)cc1F. The minimum atomic E-state index is -0.329. The number of anilines is 2. The van der Waals surface area contributed by atoms with Crippen LogP contribution >= 0.6 is 0 Å². The van der Waals surface area contributed by atoms with Crippen molar-refractivity contribution in [1.82, 2.24) is 9.78 Å². The third kappa shape index (κ3) is 4.28. The third-order valence-electron chi connectivity index (χ3n) is 4.77. The van der Waals surface area contributed by atoms with E-state index in [1.54, 1.807) is 38.4 Å². The highest BCUT2D eigenvalue weighted by atomic mass is 19.1. The van der Waals surface area contributed by atoms with Crippen molar-refractivity contribution in [3.8, 4) is 0 Å². The third-order valence-corrected chi connectivity index (χ3v) is 4.77. The van der Waals surface area contributed by atoms with Crippen molar-refractivity contribution in [3.63, 3.8) is 0 Å². The van der Waals surface area contributed by atoms with Crippen LogP contribution in [0.25, 0.3) is 0 Å². The second-order valence-electron chi connectivity index (χ2n) is 6.85. The lowest BCUT2D eigenvalue weighted by atomic mass is 9.94. The number of benzene rings is 1. The Morgan fingerprint density at radius 3 is 2.92 bits per heavy atom. The molecule has 1 atom stereocenters. The van der Waals surface area contributed by atoms with Gasteiger partial charge in [0.1, 0.15) is 5.82 Å². The Labute approximate surface area is 151 Å². The molecule has 1 fully saturated rings. The lowest BCUT2D eigenvalue weighted by molar-refractivity contribution is -0.117. The number of amides is 1. The summed E-state index contributed by atoms with van der Waals surface area (Å²) < 4.78 is 14.9. The number of hydrogen-bond donors (Lipinski definition) is 1. The first-order chi connectivity index (χ1) is 12.4. The van der Waals surface area contributed by atoms with Crippen LogP contribution in [0.2, 0.25) is 0 Å². The van der Waals surface area contributed by atoms with E-state index in [-0.39, 0.29) is 23.2 Å². The lowest BCUT2D eigenvalue weighted by Gasteiger charge is -2.33. The molecule has 1 aliphatic rings. The number of hydrogen-bond acceptors (Lipinski definition) is 4. The van der Waals surface area contributed by atoms with E-state index in [2.05, 4.69) is 15.3 Å². The smallest absolute Gasteiger partial charge is 0.268 e. The fourth-order valence-electron chi connectivity index (χ4n) is 3.24. The van der Waals surface area contributed by atoms with Crippen LogP contribution in [0, 0.1) is 18.7 Å². The number of nitrogens with one attached hydrogen (secondary N) is 1. The number of carbonyl (C=O) groups is 1. The molecule has 0 bridgehead atoms. The van der Waals surface area contributed by atoms with E-state index in [1.165, 1.54) is 10.7 Å². The molecule has 1 aliphatic heterocycles. The van der Waals surface area contributed by atoms with Gasteiger partial charge < -0.3 is 10.2 Å². The maximum Gasteiger partial charge on any atom is 0.268 e. The molecule has 26 heavy (non-hydrogen) atoms. The van der Waals surface area contributed by atoms with Gasteiger partial charge in [-0.1, -0.05) is 6.07 Å². The minimum Gasteiger partial charge on any atom is -0.370 e. The van der Waals surface area contributed by atoms with Crippen molar-refractivity contribution in [2.45, 2.75) is 26.2 Å². The van der Waals surface area contributed by atoms with E-state index >= 15 is 0 Å². The Balaban J connectivity index is 1.60. The topological polar surface area (TPSA) is 67.2 Å². The number of aryl methyl sites for hydroxylation is 2. The van der Waals surface area contributed by atoms with Gasteiger partial charge >= 0.3 is 0 Å². The van der Waals surface area contributed by atoms with Crippen LogP contribution in [0.1, 0.15) is 24.8 Å². The summed E-state index contributed by atoms with van der Waals surface area (Å²) in [6.45, 7) is 3.23. The predicted octanol–water partition coefficient (Wildman–Crippen LogP) is 2.47. The summed E-state index contributed by atoms with van der Waals surface area (Å²) >= 11 is 0. The monoisotopic (exact) mass is 358 g/mol.